The Morgan fingerprint density at radius 2 is 1.17 bits per heavy atom. The number of hydrogen-bond donors (Lipinski definition) is 3. The van der Waals surface area contributed by atoms with Crippen molar-refractivity contribution < 1.29 is 4.79 Å². The Balaban J connectivity index is 4.96. The van der Waals surface area contributed by atoms with E-state index in [1.54, 1.807) is 0 Å². The average molecular weight is 345 g/mol. The molecule has 24 heavy (non-hydrogen) atoms. The second-order valence-electron chi connectivity index (χ2n) is 7.10. The largest absolute Gasteiger partial charge is 0.351 e. The van der Waals surface area contributed by atoms with Crippen LogP contribution in [-0.2, 0) is 0 Å². The third-order valence-corrected chi connectivity index (χ3v) is 4.33. The molecule has 2 unspecified atom stereocenters. The quantitative estimate of drug-likeness (QED) is 0.425. The van der Waals surface area contributed by atoms with Crippen molar-refractivity contribution in [2.45, 2.75) is 50.6 Å². The number of carbonyl (C=O) groups is 1. The lowest BCUT2D eigenvalue weighted by atomic mass is 9.99. The smallest absolute Gasteiger partial charge is 0.315 e. The molecule has 6 N–H and O–H groups in total. The third kappa shape index (κ3) is 10.1. The highest BCUT2D eigenvalue weighted by molar-refractivity contribution is 5.72. The molecule has 0 rings (SSSR count). The van der Waals surface area contributed by atoms with Crippen LogP contribution < -0.4 is 17.2 Å². The van der Waals surface area contributed by atoms with Gasteiger partial charge in [-0.05, 0) is 92.9 Å². The zero-order chi connectivity index (χ0) is 18.5. The van der Waals surface area contributed by atoms with Gasteiger partial charge in [0.2, 0.25) is 0 Å². The van der Waals surface area contributed by atoms with Gasteiger partial charge >= 0.3 is 6.03 Å². The lowest BCUT2D eigenvalue weighted by molar-refractivity contribution is 0.129. The van der Waals surface area contributed by atoms with Crippen molar-refractivity contribution in [3.05, 3.63) is 0 Å². The van der Waals surface area contributed by atoms with E-state index in [-0.39, 0.29) is 18.1 Å². The molecule has 0 fully saturated rings. The molecular formula is C17H40N6O. The summed E-state index contributed by atoms with van der Waals surface area (Å²) in [7, 11) is 8.23. The molecule has 0 aromatic rings. The van der Waals surface area contributed by atoms with Crippen LogP contribution in [0.15, 0.2) is 0 Å². The fraction of sp³-hybridized carbons (Fsp3) is 0.941. The van der Waals surface area contributed by atoms with Crippen molar-refractivity contribution in [3.63, 3.8) is 0 Å². The van der Waals surface area contributed by atoms with Crippen LogP contribution in [0.3, 0.4) is 0 Å². The Morgan fingerprint density at radius 3 is 1.42 bits per heavy atom. The number of amides is 2. The molecule has 0 radical (unpaired) electrons. The van der Waals surface area contributed by atoms with Gasteiger partial charge in [-0.25, -0.2) is 4.79 Å². The van der Waals surface area contributed by atoms with Crippen molar-refractivity contribution in [2.75, 3.05) is 54.4 Å². The molecule has 0 saturated heterocycles. The van der Waals surface area contributed by atoms with Gasteiger partial charge in [-0.2, -0.15) is 0 Å². The van der Waals surface area contributed by atoms with Crippen LogP contribution in [0.25, 0.3) is 0 Å². The number of rotatable bonds is 14. The Hall–Kier alpha value is -0.890. The SMILES string of the molecule is CN(C)CCCC(CCN)N(C(N)=O)C(CCN)CCCN(C)C. The first-order valence-electron chi connectivity index (χ1n) is 9.10. The minimum atomic E-state index is -0.346. The molecule has 0 spiro atoms. The molecule has 2 amide bonds. The number of nitrogens with zero attached hydrogens (tertiary/aromatic N) is 3. The molecular weight excluding hydrogens is 304 g/mol. The number of urea groups is 1. The topological polar surface area (TPSA) is 105 Å². The van der Waals surface area contributed by atoms with Crippen molar-refractivity contribution >= 4 is 6.03 Å². The normalized spacial score (nSPS) is 14.2. The van der Waals surface area contributed by atoms with E-state index >= 15 is 0 Å². The highest BCUT2D eigenvalue weighted by atomic mass is 16.2. The first-order valence-corrected chi connectivity index (χ1v) is 9.10. The van der Waals surface area contributed by atoms with E-state index in [9.17, 15) is 4.79 Å². The lowest BCUT2D eigenvalue weighted by Crippen LogP contribution is -2.51. The molecule has 7 nitrogen and oxygen atoms in total. The number of carbonyl (C=O) groups excluding carboxylic acids is 1. The van der Waals surface area contributed by atoms with Crippen LogP contribution in [-0.4, -0.2) is 87.2 Å². The molecule has 0 saturated carbocycles. The molecule has 0 aromatic heterocycles. The maximum Gasteiger partial charge on any atom is 0.315 e. The zero-order valence-electron chi connectivity index (χ0n) is 16.2. The third-order valence-electron chi connectivity index (χ3n) is 4.33. The van der Waals surface area contributed by atoms with Crippen LogP contribution in [0.5, 0.6) is 0 Å². The van der Waals surface area contributed by atoms with Gasteiger partial charge in [-0.1, -0.05) is 0 Å². The number of hydrogen-bond acceptors (Lipinski definition) is 5. The van der Waals surface area contributed by atoms with Gasteiger partial charge in [0.25, 0.3) is 0 Å². The minimum absolute atomic E-state index is 0.100. The van der Waals surface area contributed by atoms with Crippen molar-refractivity contribution in [3.8, 4) is 0 Å². The summed E-state index contributed by atoms with van der Waals surface area (Å²) in [5.41, 5.74) is 17.3. The molecule has 0 aliphatic rings. The van der Waals surface area contributed by atoms with E-state index in [1.165, 1.54) is 0 Å². The summed E-state index contributed by atoms with van der Waals surface area (Å²) in [4.78, 5) is 18.3. The van der Waals surface area contributed by atoms with Crippen molar-refractivity contribution in [1.29, 1.82) is 0 Å². The monoisotopic (exact) mass is 344 g/mol. The van der Waals surface area contributed by atoms with E-state index in [0.717, 1.165) is 51.6 Å². The summed E-state index contributed by atoms with van der Waals surface area (Å²) in [6, 6.07) is -0.145. The molecule has 7 heteroatoms. The fourth-order valence-corrected chi connectivity index (χ4v) is 3.17. The standard InChI is InChI=1S/C17H40N6O/c1-21(2)13-5-7-15(9-11-18)23(17(20)24)16(10-12-19)8-6-14-22(3)4/h15-16H,5-14,18-19H2,1-4H3,(H2,20,24). The van der Waals surface area contributed by atoms with Gasteiger partial charge in [-0.15, -0.1) is 0 Å². The summed E-state index contributed by atoms with van der Waals surface area (Å²) in [5, 5.41) is 0. The molecule has 0 aliphatic carbocycles. The minimum Gasteiger partial charge on any atom is -0.351 e. The fourth-order valence-electron chi connectivity index (χ4n) is 3.17. The molecule has 144 valence electrons. The number of nitrogens with two attached hydrogens (primary N) is 3. The summed E-state index contributed by atoms with van der Waals surface area (Å²) >= 11 is 0. The average Bonchev–Trinajstić information content (AvgIpc) is 2.46. The molecule has 0 bridgehead atoms. The van der Waals surface area contributed by atoms with Crippen molar-refractivity contribution in [2.24, 2.45) is 17.2 Å². The summed E-state index contributed by atoms with van der Waals surface area (Å²) in [6.07, 6.45) is 5.46. The van der Waals surface area contributed by atoms with Gasteiger partial charge in [0.05, 0.1) is 0 Å². The van der Waals surface area contributed by atoms with E-state index in [1.807, 2.05) is 4.90 Å². The van der Waals surface area contributed by atoms with E-state index in [4.69, 9.17) is 17.2 Å². The molecule has 0 heterocycles. The molecule has 0 aliphatic heterocycles. The second-order valence-corrected chi connectivity index (χ2v) is 7.10. The predicted octanol–water partition coefficient (Wildman–Crippen LogP) is 0.486. The Morgan fingerprint density at radius 1 is 0.792 bits per heavy atom. The maximum absolute atomic E-state index is 12.2. The van der Waals surface area contributed by atoms with Gasteiger partial charge in [0.15, 0.2) is 0 Å². The van der Waals surface area contributed by atoms with Gasteiger partial charge in [0, 0.05) is 12.1 Å². The van der Waals surface area contributed by atoms with Crippen LogP contribution in [0.2, 0.25) is 0 Å². The maximum atomic E-state index is 12.2. The van der Waals surface area contributed by atoms with Crippen LogP contribution in [0.1, 0.15) is 38.5 Å². The Kier molecular flexibility index (Phi) is 12.9. The van der Waals surface area contributed by atoms with E-state index < -0.39 is 0 Å². The first-order chi connectivity index (χ1) is 11.3. The zero-order valence-corrected chi connectivity index (χ0v) is 16.2. The highest BCUT2D eigenvalue weighted by Crippen LogP contribution is 2.20. The Bertz CT molecular complexity index is 300. The lowest BCUT2D eigenvalue weighted by Gasteiger charge is -2.37. The van der Waals surface area contributed by atoms with Gasteiger partial charge in [0.1, 0.15) is 0 Å². The van der Waals surface area contributed by atoms with Crippen LogP contribution in [0, 0.1) is 0 Å². The van der Waals surface area contributed by atoms with Crippen LogP contribution in [0.4, 0.5) is 4.79 Å². The first kappa shape index (κ1) is 23.1. The Labute approximate surface area is 148 Å². The summed E-state index contributed by atoms with van der Waals surface area (Å²) < 4.78 is 0. The van der Waals surface area contributed by atoms with E-state index in [0.29, 0.717) is 13.1 Å². The van der Waals surface area contributed by atoms with E-state index in [2.05, 4.69) is 38.0 Å². The number of primary amides is 1. The van der Waals surface area contributed by atoms with Crippen molar-refractivity contribution in [1.82, 2.24) is 14.7 Å². The second kappa shape index (κ2) is 13.4. The highest BCUT2D eigenvalue weighted by Gasteiger charge is 2.28. The summed E-state index contributed by atoms with van der Waals surface area (Å²) in [6.45, 7) is 3.11. The summed E-state index contributed by atoms with van der Waals surface area (Å²) in [5.74, 6) is 0. The van der Waals surface area contributed by atoms with Gasteiger partial charge in [-0.3, -0.25) is 0 Å². The van der Waals surface area contributed by atoms with Gasteiger partial charge < -0.3 is 31.9 Å². The molecule has 0 aromatic carbocycles. The molecule has 2 atom stereocenters. The predicted molar refractivity (Wildman–Crippen MR) is 102 cm³/mol. The van der Waals surface area contributed by atoms with Crippen LogP contribution >= 0.6 is 0 Å².